The molecule has 1 aromatic heterocycles. The van der Waals surface area contributed by atoms with Crippen molar-refractivity contribution >= 4 is 5.78 Å². The number of nitrogens with zero attached hydrogens (tertiary/aromatic N) is 1. The van der Waals surface area contributed by atoms with Gasteiger partial charge in [0.1, 0.15) is 5.75 Å². The summed E-state index contributed by atoms with van der Waals surface area (Å²) < 4.78 is 18.6. The van der Waals surface area contributed by atoms with Crippen molar-refractivity contribution in [3.05, 3.63) is 59.2 Å². The third-order valence-corrected chi connectivity index (χ3v) is 2.69. The number of aromatic nitrogens is 1. The number of pyridine rings is 1. The summed E-state index contributed by atoms with van der Waals surface area (Å²) >= 11 is 0. The molecule has 2 rings (SSSR count). The lowest BCUT2D eigenvalue weighted by Crippen LogP contribution is -2.05. The molecular weight excluding hydrogens is 233 g/mol. The summed E-state index contributed by atoms with van der Waals surface area (Å²) in [4.78, 5) is 15.7. The molecule has 0 saturated heterocycles. The van der Waals surface area contributed by atoms with Gasteiger partial charge in [0.05, 0.1) is 18.9 Å². The fraction of sp³-hybridized carbons (Fsp3) is 0.143. The van der Waals surface area contributed by atoms with Crippen molar-refractivity contribution in [2.45, 2.75) is 6.92 Å². The number of rotatable bonds is 3. The maximum absolute atomic E-state index is 13.5. The molecule has 1 heterocycles. The molecule has 1 aromatic carbocycles. The van der Waals surface area contributed by atoms with Crippen LogP contribution in [0.5, 0.6) is 5.75 Å². The topological polar surface area (TPSA) is 39.2 Å². The second kappa shape index (κ2) is 4.96. The van der Waals surface area contributed by atoms with Crippen LogP contribution in [0.1, 0.15) is 21.5 Å². The van der Waals surface area contributed by atoms with Gasteiger partial charge in [-0.1, -0.05) is 12.1 Å². The summed E-state index contributed by atoms with van der Waals surface area (Å²) in [5, 5.41) is 0. The van der Waals surface area contributed by atoms with Gasteiger partial charge in [0.2, 0.25) is 0 Å². The van der Waals surface area contributed by atoms with Crippen LogP contribution in [-0.2, 0) is 0 Å². The van der Waals surface area contributed by atoms with Gasteiger partial charge in [0, 0.05) is 11.8 Å². The Balaban J connectivity index is 2.44. The number of hydrogen-bond acceptors (Lipinski definition) is 3. The number of ketones is 1. The highest BCUT2D eigenvalue weighted by Gasteiger charge is 2.14. The first-order valence-corrected chi connectivity index (χ1v) is 5.42. The Labute approximate surface area is 104 Å². The molecule has 3 nitrogen and oxygen atoms in total. The Bertz CT molecular complexity index is 596. The molecule has 0 amide bonds. The van der Waals surface area contributed by atoms with Gasteiger partial charge < -0.3 is 4.74 Å². The van der Waals surface area contributed by atoms with Crippen molar-refractivity contribution in [1.29, 1.82) is 0 Å². The van der Waals surface area contributed by atoms with Gasteiger partial charge in [-0.05, 0) is 24.6 Å². The summed E-state index contributed by atoms with van der Waals surface area (Å²) in [5.41, 5.74) is 1.32. The highest BCUT2D eigenvalue weighted by Crippen LogP contribution is 2.21. The second-order valence-electron chi connectivity index (χ2n) is 3.87. The Morgan fingerprint density at radius 1 is 1.33 bits per heavy atom. The van der Waals surface area contributed by atoms with Gasteiger partial charge in [0.25, 0.3) is 0 Å². The van der Waals surface area contributed by atoms with Crippen LogP contribution in [0.15, 0.2) is 36.7 Å². The van der Waals surface area contributed by atoms with Gasteiger partial charge in [-0.2, -0.15) is 0 Å². The van der Waals surface area contributed by atoms with E-state index in [4.69, 9.17) is 4.74 Å². The molecule has 0 aliphatic heterocycles. The van der Waals surface area contributed by atoms with Gasteiger partial charge in [-0.3, -0.25) is 9.78 Å². The monoisotopic (exact) mass is 245 g/mol. The smallest absolute Gasteiger partial charge is 0.196 e. The maximum Gasteiger partial charge on any atom is 0.196 e. The van der Waals surface area contributed by atoms with E-state index in [0.29, 0.717) is 11.3 Å². The fourth-order valence-electron chi connectivity index (χ4n) is 1.68. The first-order chi connectivity index (χ1) is 8.63. The molecule has 0 fully saturated rings. The standard InChI is InChI=1S/C14H12FNO2/c1-9-3-4-10(7-13(9)18-2)14(17)11-5-6-16-8-12(11)15/h3-8H,1-2H3. The van der Waals surface area contributed by atoms with E-state index in [1.807, 2.05) is 6.92 Å². The first kappa shape index (κ1) is 12.2. The molecule has 0 N–H and O–H groups in total. The zero-order chi connectivity index (χ0) is 13.1. The Kier molecular flexibility index (Phi) is 3.37. The van der Waals surface area contributed by atoms with Crippen molar-refractivity contribution < 1.29 is 13.9 Å². The van der Waals surface area contributed by atoms with Crippen molar-refractivity contribution in [1.82, 2.24) is 4.98 Å². The largest absolute Gasteiger partial charge is 0.496 e. The minimum Gasteiger partial charge on any atom is -0.496 e. The summed E-state index contributed by atoms with van der Waals surface area (Å²) in [7, 11) is 1.53. The first-order valence-electron chi connectivity index (χ1n) is 5.42. The molecule has 0 radical (unpaired) electrons. The van der Waals surface area contributed by atoms with Crippen molar-refractivity contribution in [3.8, 4) is 5.75 Å². The van der Waals surface area contributed by atoms with Crippen LogP contribution in [0.2, 0.25) is 0 Å². The lowest BCUT2D eigenvalue weighted by Gasteiger charge is -2.07. The predicted octanol–water partition coefficient (Wildman–Crippen LogP) is 2.77. The zero-order valence-electron chi connectivity index (χ0n) is 10.1. The number of methoxy groups -OCH3 is 1. The maximum atomic E-state index is 13.5. The number of ether oxygens (including phenoxy) is 1. The number of carbonyl (C=O) groups is 1. The second-order valence-corrected chi connectivity index (χ2v) is 3.87. The van der Waals surface area contributed by atoms with Crippen LogP contribution >= 0.6 is 0 Å². The normalized spacial score (nSPS) is 10.2. The lowest BCUT2D eigenvalue weighted by atomic mass is 10.0. The SMILES string of the molecule is COc1cc(C(=O)c2ccncc2F)ccc1C. The van der Waals surface area contributed by atoms with Gasteiger partial charge >= 0.3 is 0 Å². The van der Waals surface area contributed by atoms with Crippen molar-refractivity contribution in [3.63, 3.8) is 0 Å². The highest BCUT2D eigenvalue weighted by molar-refractivity contribution is 6.09. The third-order valence-electron chi connectivity index (χ3n) is 2.69. The molecule has 0 aliphatic carbocycles. The molecule has 2 aromatic rings. The minimum absolute atomic E-state index is 0.0101. The molecular formula is C14H12FNO2. The Morgan fingerprint density at radius 3 is 2.78 bits per heavy atom. The lowest BCUT2D eigenvalue weighted by molar-refractivity contribution is 0.103. The number of benzene rings is 1. The highest BCUT2D eigenvalue weighted by atomic mass is 19.1. The van der Waals surface area contributed by atoms with E-state index in [9.17, 15) is 9.18 Å². The molecule has 0 bridgehead atoms. The van der Waals surface area contributed by atoms with Gasteiger partial charge in [-0.15, -0.1) is 0 Å². The van der Waals surface area contributed by atoms with E-state index in [1.54, 1.807) is 18.2 Å². The summed E-state index contributed by atoms with van der Waals surface area (Å²) in [6.07, 6.45) is 2.42. The summed E-state index contributed by atoms with van der Waals surface area (Å²) in [6, 6.07) is 6.40. The van der Waals surface area contributed by atoms with Crippen LogP contribution in [0, 0.1) is 12.7 Å². The van der Waals surface area contributed by atoms with Crippen LogP contribution in [-0.4, -0.2) is 17.9 Å². The molecule has 0 aliphatic rings. The quantitative estimate of drug-likeness (QED) is 0.780. The Morgan fingerprint density at radius 2 is 2.11 bits per heavy atom. The molecule has 0 unspecified atom stereocenters. The van der Waals surface area contributed by atoms with Crippen LogP contribution in [0.3, 0.4) is 0 Å². The van der Waals surface area contributed by atoms with E-state index >= 15 is 0 Å². The van der Waals surface area contributed by atoms with Crippen LogP contribution in [0.4, 0.5) is 4.39 Å². The number of carbonyl (C=O) groups excluding carboxylic acids is 1. The van der Waals surface area contributed by atoms with Gasteiger partial charge in [0.15, 0.2) is 11.6 Å². The van der Waals surface area contributed by atoms with Gasteiger partial charge in [-0.25, -0.2) is 4.39 Å². The van der Waals surface area contributed by atoms with E-state index < -0.39 is 5.82 Å². The van der Waals surface area contributed by atoms with E-state index in [0.717, 1.165) is 11.8 Å². The van der Waals surface area contributed by atoms with E-state index in [-0.39, 0.29) is 11.3 Å². The molecule has 92 valence electrons. The summed E-state index contributed by atoms with van der Waals surface area (Å²) in [6.45, 7) is 1.88. The summed E-state index contributed by atoms with van der Waals surface area (Å²) in [5.74, 6) is -0.398. The number of aryl methyl sites for hydroxylation is 1. The number of hydrogen-bond donors (Lipinski definition) is 0. The molecule has 4 heteroatoms. The zero-order valence-corrected chi connectivity index (χ0v) is 10.1. The van der Waals surface area contributed by atoms with Crippen LogP contribution in [0.25, 0.3) is 0 Å². The van der Waals surface area contributed by atoms with Crippen molar-refractivity contribution in [2.75, 3.05) is 7.11 Å². The van der Waals surface area contributed by atoms with Crippen LogP contribution < -0.4 is 4.74 Å². The fourth-order valence-corrected chi connectivity index (χ4v) is 1.68. The molecule has 0 spiro atoms. The van der Waals surface area contributed by atoms with E-state index in [1.165, 1.54) is 19.4 Å². The average Bonchev–Trinajstić information content (AvgIpc) is 2.39. The molecule has 0 atom stereocenters. The predicted molar refractivity (Wildman–Crippen MR) is 65.4 cm³/mol. The van der Waals surface area contributed by atoms with E-state index in [2.05, 4.69) is 4.98 Å². The Hall–Kier alpha value is -2.23. The average molecular weight is 245 g/mol. The minimum atomic E-state index is -0.623. The van der Waals surface area contributed by atoms with Crippen molar-refractivity contribution in [2.24, 2.45) is 0 Å². The molecule has 18 heavy (non-hydrogen) atoms. The number of halogens is 1. The molecule has 0 saturated carbocycles. The third kappa shape index (κ3) is 2.22.